The fraction of sp³-hybridized carbons (Fsp3) is 0.607. The number of hydrogen-bond acceptors (Lipinski definition) is 9. The van der Waals surface area contributed by atoms with Crippen molar-refractivity contribution in [3.63, 3.8) is 0 Å². The zero-order chi connectivity index (χ0) is 29.3. The average molecular weight is 608 g/mol. The molecule has 1 aromatic heterocycles. The van der Waals surface area contributed by atoms with Crippen LogP contribution >= 0.6 is 11.6 Å². The third kappa shape index (κ3) is 7.00. The molecule has 2 aromatic rings. The van der Waals surface area contributed by atoms with Gasteiger partial charge in [-0.1, -0.05) is 30.7 Å². The van der Waals surface area contributed by atoms with Gasteiger partial charge in [-0.2, -0.15) is 8.42 Å². The average Bonchev–Trinajstić information content (AvgIpc) is 3.50. The Balaban J connectivity index is 1.34. The molecule has 2 heterocycles. The van der Waals surface area contributed by atoms with E-state index in [9.17, 15) is 28.0 Å². The predicted octanol–water partition coefficient (Wildman–Crippen LogP) is 2.21. The molecule has 11 nitrogen and oxygen atoms in total. The first-order valence-electron chi connectivity index (χ1n) is 14.2. The molecule has 5 atom stereocenters. The maximum absolute atomic E-state index is 14.1. The number of rotatable bonds is 9. The molecule has 1 amide bonds. The van der Waals surface area contributed by atoms with E-state index in [1.807, 2.05) is 21.9 Å². The first kappa shape index (κ1) is 30.1. The Kier molecular flexibility index (Phi) is 9.17. The Hall–Kier alpha value is -2.35. The lowest BCUT2D eigenvalue weighted by Gasteiger charge is -2.39. The molecule has 0 spiro atoms. The number of piperazine rings is 1. The van der Waals surface area contributed by atoms with Gasteiger partial charge in [0.2, 0.25) is 5.91 Å². The number of aliphatic hydroxyl groups excluding tert-OH is 2. The van der Waals surface area contributed by atoms with E-state index in [2.05, 4.69) is 21.8 Å². The molecule has 0 unspecified atom stereocenters. The fourth-order valence-electron chi connectivity index (χ4n) is 6.49. The molecular formula is C28H38ClN5O6S. The SMILES string of the molecule is C[C@@H]1C[C@@H](O)c2ncnc(N3CCN(C(=O)[C@H](CN(CCS(=O)(=O)O)[C@@H]4CC[C@@H](O)C4)c4ccc(Cl)cc4)CC3)c21. The normalized spacial score (nSPS) is 25.5. The maximum Gasteiger partial charge on any atom is 0.266 e. The van der Waals surface area contributed by atoms with Crippen molar-refractivity contribution in [3.8, 4) is 0 Å². The summed E-state index contributed by atoms with van der Waals surface area (Å²) < 4.78 is 32.7. The second-order valence-electron chi connectivity index (χ2n) is 11.5. The van der Waals surface area contributed by atoms with E-state index in [0.717, 1.165) is 16.9 Å². The first-order chi connectivity index (χ1) is 19.5. The van der Waals surface area contributed by atoms with Crippen LogP contribution in [0.1, 0.15) is 67.4 Å². The summed E-state index contributed by atoms with van der Waals surface area (Å²) in [5.74, 6) is -0.143. The van der Waals surface area contributed by atoms with Gasteiger partial charge < -0.3 is 20.0 Å². The van der Waals surface area contributed by atoms with Crippen molar-refractivity contribution in [2.45, 2.75) is 62.7 Å². The van der Waals surface area contributed by atoms with Gasteiger partial charge in [-0.25, -0.2) is 9.97 Å². The summed E-state index contributed by atoms with van der Waals surface area (Å²) in [6, 6.07) is 7.03. The van der Waals surface area contributed by atoms with Crippen molar-refractivity contribution < 1.29 is 28.0 Å². The largest absolute Gasteiger partial charge is 0.393 e. The van der Waals surface area contributed by atoms with Crippen LogP contribution in [0.2, 0.25) is 5.02 Å². The van der Waals surface area contributed by atoms with Gasteiger partial charge in [-0.15, -0.1) is 0 Å². The number of carbonyl (C=O) groups excluding carboxylic acids is 1. The number of anilines is 1. The van der Waals surface area contributed by atoms with Crippen LogP contribution in [-0.2, 0) is 14.9 Å². The van der Waals surface area contributed by atoms with Gasteiger partial charge in [0.1, 0.15) is 12.1 Å². The molecule has 3 N–H and O–H groups in total. The van der Waals surface area contributed by atoms with Gasteiger partial charge in [-0.05, 0) is 49.3 Å². The number of benzene rings is 1. The van der Waals surface area contributed by atoms with E-state index < -0.39 is 34.0 Å². The Bertz CT molecular complexity index is 1340. The summed E-state index contributed by atoms with van der Waals surface area (Å²) in [5, 5.41) is 21.1. The number of fused-ring (bicyclic) bond motifs is 1. The van der Waals surface area contributed by atoms with Gasteiger partial charge in [0.05, 0.1) is 29.6 Å². The van der Waals surface area contributed by atoms with E-state index in [-0.39, 0.29) is 31.0 Å². The first-order valence-corrected chi connectivity index (χ1v) is 16.2. The highest BCUT2D eigenvalue weighted by molar-refractivity contribution is 7.85. The zero-order valence-electron chi connectivity index (χ0n) is 23.1. The number of halogens is 1. The predicted molar refractivity (Wildman–Crippen MR) is 155 cm³/mol. The minimum Gasteiger partial charge on any atom is -0.393 e. The van der Waals surface area contributed by atoms with Gasteiger partial charge in [-0.3, -0.25) is 14.2 Å². The van der Waals surface area contributed by atoms with Crippen molar-refractivity contribution in [2.24, 2.45) is 0 Å². The topological polar surface area (TPSA) is 147 Å². The summed E-state index contributed by atoms with van der Waals surface area (Å²) in [6.45, 7) is 4.49. The Morgan fingerprint density at radius 3 is 2.44 bits per heavy atom. The molecule has 3 aliphatic rings. The molecule has 1 saturated heterocycles. The Morgan fingerprint density at radius 2 is 1.80 bits per heavy atom. The number of aliphatic hydroxyl groups is 2. The van der Waals surface area contributed by atoms with Crippen molar-refractivity contribution in [1.29, 1.82) is 0 Å². The molecule has 2 fully saturated rings. The van der Waals surface area contributed by atoms with Crippen molar-refractivity contribution in [1.82, 2.24) is 19.8 Å². The highest BCUT2D eigenvalue weighted by Crippen LogP contribution is 2.43. The van der Waals surface area contributed by atoms with Crippen LogP contribution in [0.4, 0.5) is 5.82 Å². The van der Waals surface area contributed by atoms with Crippen molar-refractivity contribution in [3.05, 3.63) is 52.4 Å². The van der Waals surface area contributed by atoms with E-state index in [0.29, 0.717) is 62.6 Å². The smallest absolute Gasteiger partial charge is 0.266 e. The summed E-state index contributed by atoms with van der Waals surface area (Å²) in [7, 11) is -4.20. The van der Waals surface area contributed by atoms with Gasteiger partial charge >= 0.3 is 0 Å². The second kappa shape index (κ2) is 12.5. The lowest BCUT2D eigenvalue weighted by Crippen LogP contribution is -2.52. The van der Waals surface area contributed by atoms with E-state index >= 15 is 0 Å². The molecule has 1 saturated carbocycles. The van der Waals surface area contributed by atoms with Crippen LogP contribution in [0.3, 0.4) is 0 Å². The number of carbonyl (C=O) groups is 1. The van der Waals surface area contributed by atoms with Crippen LogP contribution in [-0.4, -0.2) is 106 Å². The number of amides is 1. The molecule has 5 rings (SSSR count). The third-order valence-corrected chi connectivity index (χ3v) is 9.64. The van der Waals surface area contributed by atoms with E-state index in [4.69, 9.17) is 11.6 Å². The monoisotopic (exact) mass is 607 g/mol. The number of aromatic nitrogens is 2. The van der Waals surface area contributed by atoms with E-state index in [1.165, 1.54) is 6.33 Å². The standard InChI is InChI=1S/C28H38ClN5O6S/c1-18-14-24(36)26-25(18)27(31-17-30-26)32-8-10-33(11-9-32)28(37)23(19-2-4-20(29)5-3-19)16-34(12-13-41(38,39)40)21-6-7-22(35)15-21/h2-5,17-18,21-24,35-36H,6-16H2,1H3,(H,38,39,40)/t18-,21-,22-,23-,24-/m1/s1. The molecule has 224 valence electrons. The van der Waals surface area contributed by atoms with Crippen LogP contribution in [0, 0.1) is 0 Å². The maximum atomic E-state index is 14.1. The van der Waals surface area contributed by atoms with Crippen LogP contribution in [0.15, 0.2) is 30.6 Å². The van der Waals surface area contributed by atoms with Gasteiger partial charge in [0.15, 0.2) is 0 Å². The van der Waals surface area contributed by atoms with Crippen LogP contribution in [0.5, 0.6) is 0 Å². The molecule has 0 bridgehead atoms. The van der Waals surface area contributed by atoms with Crippen LogP contribution in [0.25, 0.3) is 0 Å². The lowest BCUT2D eigenvalue weighted by molar-refractivity contribution is -0.133. The zero-order valence-corrected chi connectivity index (χ0v) is 24.7. The highest BCUT2D eigenvalue weighted by atomic mass is 35.5. The Morgan fingerprint density at radius 1 is 1.10 bits per heavy atom. The lowest BCUT2D eigenvalue weighted by atomic mass is 9.95. The van der Waals surface area contributed by atoms with Crippen molar-refractivity contribution >= 4 is 33.4 Å². The summed E-state index contributed by atoms with van der Waals surface area (Å²) in [4.78, 5) is 28.9. The third-order valence-electron chi connectivity index (χ3n) is 8.69. The van der Waals surface area contributed by atoms with Gasteiger partial charge in [0, 0.05) is 55.9 Å². The highest BCUT2D eigenvalue weighted by Gasteiger charge is 2.37. The Labute approximate surface area is 245 Å². The summed E-state index contributed by atoms with van der Waals surface area (Å²) >= 11 is 6.14. The molecular weight excluding hydrogens is 570 g/mol. The van der Waals surface area contributed by atoms with Gasteiger partial charge in [0.25, 0.3) is 10.1 Å². The molecule has 1 aliphatic heterocycles. The number of nitrogens with zero attached hydrogens (tertiary/aromatic N) is 5. The van der Waals surface area contributed by atoms with E-state index in [1.54, 1.807) is 12.1 Å². The molecule has 41 heavy (non-hydrogen) atoms. The minimum absolute atomic E-state index is 0.0597. The summed E-state index contributed by atoms with van der Waals surface area (Å²) in [5.41, 5.74) is 2.44. The molecule has 2 aliphatic carbocycles. The molecule has 13 heteroatoms. The van der Waals surface area contributed by atoms with Crippen molar-refractivity contribution in [2.75, 3.05) is 49.9 Å². The quantitative estimate of drug-likeness (QED) is 0.362. The fourth-order valence-corrected chi connectivity index (χ4v) is 7.08. The molecule has 0 radical (unpaired) electrons. The van der Waals surface area contributed by atoms with Crippen LogP contribution < -0.4 is 4.90 Å². The molecule has 1 aromatic carbocycles. The summed E-state index contributed by atoms with van der Waals surface area (Å²) in [6.07, 6.45) is 2.83. The second-order valence-corrected chi connectivity index (χ2v) is 13.5. The minimum atomic E-state index is -4.20. The number of hydrogen-bond donors (Lipinski definition) is 3.